The SMILES string of the molecule is CC(=O)C#Cc1ccccc1.CC(=O)C#Cc1ccccc1. The first-order chi connectivity index (χ1) is 10.6. The van der Waals surface area contributed by atoms with E-state index in [1.54, 1.807) is 0 Å². The number of hydrogen-bond donors (Lipinski definition) is 0. The lowest BCUT2D eigenvalue weighted by Gasteiger charge is -1.84. The van der Waals surface area contributed by atoms with Crippen molar-refractivity contribution >= 4 is 11.6 Å². The molecule has 0 bridgehead atoms. The third-order valence-corrected chi connectivity index (χ3v) is 2.31. The molecule has 108 valence electrons. The molecule has 22 heavy (non-hydrogen) atoms. The first-order valence-electron chi connectivity index (χ1n) is 6.73. The van der Waals surface area contributed by atoms with Gasteiger partial charge < -0.3 is 0 Å². The minimum Gasteiger partial charge on any atom is -0.285 e. The number of carbonyl (C=O) groups excluding carboxylic acids is 2. The second-order valence-electron chi connectivity index (χ2n) is 4.34. The van der Waals surface area contributed by atoms with Gasteiger partial charge in [0, 0.05) is 25.0 Å². The van der Waals surface area contributed by atoms with Crippen molar-refractivity contribution in [3.8, 4) is 23.7 Å². The lowest BCUT2D eigenvalue weighted by Crippen LogP contribution is -1.80. The summed E-state index contributed by atoms with van der Waals surface area (Å²) in [4.78, 5) is 20.9. The summed E-state index contributed by atoms with van der Waals surface area (Å²) in [6.07, 6.45) is 0. The molecule has 0 radical (unpaired) electrons. The Balaban J connectivity index is 0.000000220. The van der Waals surface area contributed by atoms with E-state index in [-0.39, 0.29) is 11.6 Å². The van der Waals surface area contributed by atoms with Crippen LogP contribution in [0.25, 0.3) is 0 Å². The smallest absolute Gasteiger partial charge is 0.202 e. The predicted molar refractivity (Wildman–Crippen MR) is 88.0 cm³/mol. The zero-order valence-corrected chi connectivity index (χ0v) is 12.6. The summed E-state index contributed by atoms with van der Waals surface area (Å²) in [5.74, 6) is 10.2. The van der Waals surface area contributed by atoms with Crippen molar-refractivity contribution in [3.63, 3.8) is 0 Å². The third-order valence-electron chi connectivity index (χ3n) is 2.31. The van der Waals surface area contributed by atoms with Gasteiger partial charge in [0.05, 0.1) is 0 Å². The average molecular weight is 288 g/mol. The molecule has 0 aliphatic carbocycles. The normalized spacial score (nSPS) is 8.09. The van der Waals surface area contributed by atoms with E-state index in [0.29, 0.717) is 0 Å². The monoisotopic (exact) mass is 288 g/mol. The largest absolute Gasteiger partial charge is 0.285 e. The fourth-order valence-electron chi connectivity index (χ4n) is 1.36. The number of benzene rings is 2. The van der Waals surface area contributed by atoms with E-state index in [4.69, 9.17) is 0 Å². The van der Waals surface area contributed by atoms with Gasteiger partial charge in [-0.15, -0.1) is 0 Å². The third kappa shape index (κ3) is 8.15. The first-order valence-corrected chi connectivity index (χ1v) is 6.73. The Morgan fingerprint density at radius 2 is 0.955 bits per heavy atom. The lowest BCUT2D eigenvalue weighted by atomic mass is 10.2. The Bertz CT molecular complexity index is 669. The highest BCUT2D eigenvalue weighted by Crippen LogP contribution is 1.94. The molecule has 0 spiro atoms. The summed E-state index contributed by atoms with van der Waals surface area (Å²) in [5.41, 5.74) is 1.76. The molecule has 2 aromatic carbocycles. The van der Waals surface area contributed by atoms with Crippen molar-refractivity contribution in [2.75, 3.05) is 0 Å². The van der Waals surface area contributed by atoms with Crippen molar-refractivity contribution in [1.29, 1.82) is 0 Å². The van der Waals surface area contributed by atoms with E-state index < -0.39 is 0 Å². The second kappa shape index (κ2) is 9.75. The zero-order valence-electron chi connectivity index (χ0n) is 12.6. The van der Waals surface area contributed by atoms with Crippen LogP contribution in [-0.4, -0.2) is 11.6 Å². The lowest BCUT2D eigenvalue weighted by molar-refractivity contribution is -0.112. The Morgan fingerprint density at radius 3 is 1.23 bits per heavy atom. The van der Waals surface area contributed by atoms with E-state index in [9.17, 15) is 9.59 Å². The molecule has 0 amide bonds. The summed E-state index contributed by atoms with van der Waals surface area (Å²) in [6, 6.07) is 18.9. The molecular formula is C20H16O2. The number of rotatable bonds is 0. The molecule has 0 aliphatic heterocycles. The van der Waals surface area contributed by atoms with Gasteiger partial charge in [-0.3, -0.25) is 9.59 Å². The highest BCUT2D eigenvalue weighted by Gasteiger charge is 1.83. The fourth-order valence-corrected chi connectivity index (χ4v) is 1.36. The van der Waals surface area contributed by atoms with Crippen LogP contribution in [0.3, 0.4) is 0 Å². The summed E-state index contributed by atoms with van der Waals surface area (Å²) in [6.45, 7) is 2.91. The van der Waals surface area contributed by atoms with Gasteiger partial charge in [0.25, 0.3) is 0 Å². The molecular weight excluding hydrogens is 272 g/mol. The molecule has 0 fully saturated rings. The molecule has 0 saturated carbocycles. The van der Waals surface area contributed by atoms with E-state index >= 15 is 0 Å². The zero-order chi connectivity index (χ0) is 16.2. The van der Waals surface area contributed by atoms with Gasteiger partial charge in [-0.1, -0.05) is 48.2 Å². The molecule has 0 aliphatic rings. The van der Waals surface area contributed by atoms with E-state index in [1.165, 1.54) is 13.8 Å². The molecule has 2 nitrogen and oxygen atoms in total. The Kier molecular flexibility index (Phi) is 7.51. The van der Waals surface area contributed by atoms with Gasteiger partial charge in [-0.2, -0.15) is 0 Å². The Labute approximate surface area is 131 Å². The van der Waals surface area contributed by atoms with Crippen LogP contribution in [0.4, 0.5) is 0 Å². The predicted octanol–water partition coefficient (Wildman–Crippen LogP) is 3.25. The van der Waals surface area contributed by atoms with Crippen molar-refractivity contribution in [2.45, 2.75) is 13.8 Å². The maximum Gasteiger partial charge on any atom is 0.202 e. The van der Waals surface area contributed by atoms with E-state index in [2.05, 4.69) is 23.7 Å². The fraction of sp³-hybridized carbons (Fsp3) is 0.100. The summed E-state index contributed by atoms with van der Waals surface area (Å²) in [5, 5.41) is 0. The summed E-state index contributed by atoms with van der Waals surface area (Å²) >= 11 is 0. The summed E-state index contributed by atoms with van der Waals surface area (Å²) < 4.78 is 0. The summed E-state index contributed by atoms with van der Waals surface area (Å²) in [7, 11) is 0. The first kappa shape index (κ1) is 17.0. The highest BCUT2D eigenvalue weighted by atomic mass is 16.1. The van der Waals surface area contributed by atoms with Gasteiger partial charge in [0.2, 0.25) is 11.6 Å². The van der Waals surface area contributed by atoms with Gasteiger partial charge in [0.15, 0.2) is 0 Å². The number of hydrogen-bond acceptors (Lipinski definition) is 2. The van der Waals surface area contributed by atoms with Gasteiger partial charge in [-0.05, 0) is 36.1 Å². The molecule has 0 heterocycles. The van der Waals surface area contributed by atoms with Gasteiger partial charge >= 0.3 is 0 Å². The average Bonchev–Trinajstić information content (AvgIpc) is 2.53. The van der Waals surface area contributed by atoms with Crippen LogP contribution in [0.5, 0.6) is 0 Å². The van der Waals surface area contributed by atoms with Crippen molar-refractivity contribution in [3.05, 3.63) is 71.8 Å². The maximum atomic E-state index is 10.4. The highest BCUT2D eigenvalue weighted by molar-refractivity contribution is 5.94. The molecule has 0 atom stereocenters. The molecule has 2 aromatic rings. The number of Topliss-reactive ketones (excluding diaryl/α,β-unsaturated/α-hetero) is 2. The van der Waals surface area contributed by atoms with Crippen molar-refractivity contribution in [2.24, 2.45) is 0 Å². The van der Waals surface area contributed by atoms with Gasteiger partial charge in [0.1, 0.15) is 0 Å². The quantitative estimate of drug-likeness (QED) is 0.697. The van der Waals surface area contributed by atoms with Crippen LogP contribution in [-0.2, 0) is 9.59 Å². The molecule has 0 unspecified atom stereocenters. The Morgan fingerprint density at radius 1 is 0.636 bits per heavy atom. The topological polar surface area (TPSA) is 34.1 Å². The van der Waals surface area contributed by atoms with Crippen LogP contribution in [0.15, 0.2) is 60.7 Å². The molecule has 2 heteroatoms. The molecule has 0 saturated heterocycles. The molecule has 0 aromatic heterocycles. The molecule has 0 N–H and O–H groups in total. The van der Waals surface area contributed by atoms with Crippen LogP contribution >= 0.6 is 0 Å². The minimum absolute atomic E-state index is 0.103. The number of ketones is 2. The van der Waals surface area contributed by atoms with Crippen LogP contribution in [0, 0.1) is 23.7 Å². The Hall–Kier alpha value is -3.10. The standard InChI is InChI=1S/2C10H8O/c2*1-9(11)7-8-10-5-3-2-4-6-10/h2*2-6H,1H3. The van der Waals surface area contributed by atoms with Gasteiger partial charge in [-0.25, -0.2) is 0 Å². The van der Waals surface area contributed by atoms with Crippen molar-refractivity contribution in [1.82, 2.24) is 0 Å². The van der Waals surface area contributed by atoms with E-state index in [1.807, 2.05) is 60.7 Å². The van der Waals surface area contributed by atoms with E-state index in [0.717, 1.165) is 11.1 Å². The van der Waals surface area contributed by atoms with Crippen LogP contribution in [0.2, 0.25) is 0 Å². The second-order valence-corrected chi connectivity index (χ2v) is 4.34. The number of carbonyl (C=O) groups is 2. The van der Waals surface area contributed by atoms with Crippen LogP contribution in [0.1, 0.15) is 25.0 Å². The molecule has 2 rings (SSSR count). The van der Waals surface area contributed by atoms with Crippen LogP contribution < -0.4 is 0 Å². The van der Waals surface area contributed by atoms with Crippen molar-refractivity contribution < 1.29 is 9.59 Å². The maximum absolute atomic E-state index is 10.4. The minimum atomic E-state index is -0.103.